The number of carbonyl (C=O) groups excluding carboxylic acids is 1. The van der Waals surface area contributed by atoms with E-state index >= 15 is 0 Å². The highest BCUT2D eigenvalue weighted by atomic mass is 16.3. The smallest absolute Gasteiger partial charge is 0.220 e. The third-order valence-corrected chi connectivity index (χ3v) is 3.09. The van der Waals surface area contributed by atoms with Gasteiger partial charge in [0.25, 0.3) is 0 Å². The molecule has 0 saturated carbocycles. The number of hydrogen-bond donors (Lipinski definition) is 3. The quantitative estimate of drug-likeness (QED) is 0.542. The van der Waals surface area contributed by atoms with E-state index in [0.717, 1.165) is 25.7 Å². The van der Waals surface area contributed by atoms with Gasteiger partial charge in [-0.1, -0.05) is 20.3 Å². The van der Waals surface area contributed by atoms with Crippen molar-refractivity contribution in [3.8, 4) is 0 Å². The van der Waals surface area contributed by atoms with Gasteiger partial charge < -0.3 is 16.2 Å². The van der Waals surface area contributed by atoms with Crippen molar-refractivity contribution in [2.75, 3.05) is 19.7 Å². The van der Waals surface area contributed by atoms with Crippen LogP contribution in [-0.2, 0) is 4.79 Å². The van der Waals surface area contributed by atoms with Gasteiger partial charge in [-0.2, -0.15) is 0 Å². The molecule has 4 nitrogen and oxygen atoms in total. The highest BCUT2D eigenvalue weighted by molar-refractivity contribution is 5.75. The number of aliphatic hydroxyl groups excluding tert-OH is 1. The minimum absolute atomic E-state index is 0.101. The van der Waals surface area contributed by atoms with Crippen molar-refractivity contribution in [2.24, 2.45) is 17.6 Å². The summed E-state index contributed by atoms with van der Waals surface area (Å²) in [5.74, 6) is 0.912. The van der Waals surface area contributed by atoms with E-state index in [1.807, 2.05) is 0 Å². The number of rotatable bonds is 10. The van der Waals surface area contributed by atoms with Crippen molar-refractivity contribution >= 4 is 5.91 Å². The zero-order chi connectivity index (χ0) is 13.1. The molecule has 0 heterocycles. The zero-order valence-electron chi connectivity index (χ0n) is 11.2. The number of carbonyl (C=O) groups is 1. The normalized spacial score (nSPS) is 14.4. The van der Waals surface area contributed by atoms with Crippen LogP contribution in [-0.4, -0.2) is 30.7 Å². The maximum atomic E-state index is 11.6. The van der Waals surface area contributed by atoms with E-state index in [1.165, 1.54) is 0 Å². The van der Waals surface area contributed by atoms with E-state index in [9.17, 15) is 4.79 Å². The SMILES string of the molecule is CCCC(CCO)CNC(=O)CCC(C)CN. The van der Waals surface area contributed by atoms with Gasteiger partial charge in [-0.15, -0.1) is 0 Å². The lowest BCUT2D eigenvalue weighted by Gasteiger charge is -2.16. The van der Waals surface area contributed by atoms with Crippen molar-refractivity contribution in [3.63, 3.8) is 0 Å². The van der Waals surface area contributed by atoms with Crippen LogP contribution in [0.2, 0.25) is 0 Å². The summed E-state index contributed by atoms with van der Waals surface area (Å²) in [7, 11) is 0. The Labute approximate surface area is 105 Å². The van der Waals surface area contributed by atoms with E-state index < -0.39 is 0 Å². The van der Waals surface area contributed by atoms with Crippen LogP contribution in [0.3, 0.4) is 0 Å². The fourth-order valence-electron chi connectivity index (χ4n) is 1.78. The standard InChI is InChI=1S/C13H28N2O2/c1-3-4-12(7-8-16)10-15-13(17)6-5-11(2)9-14/h11-12,16H,3-10,14H2,1-2H3,(H,15,17). The Kier molecular flexibility index (Phi) is 10.2. The first-order valence-corrected chi connectivity index (χ1v) is 6.71. The summed E-state index contributed by atoms with van der Waals surface area (Å²) in [5.41, 5.74) is 5.50. The topological polar surface area (TPSA) is 75.3 Å². The second kappa shape index (κ2) is 10.5. The Bertz CT molecular complexity index is 192. The van der Waals surface area contributed by atoms with Gasteiger partial charge in [0, 0.05) is 19.6 Å². The molecule has 0 rings (SSSR count). The molecule has 0 aromatic rings. The number of amides is 1. The van der Waals surface area contributed by atoms with Gasteiger partial charge in [0.05, 0.1) is 0 Å². The van der Waals surface area contributed by atoms with Crippen LogP contribution in [0.4, 0.5) is 0 Å². The highest BCUT2D eigenvalue weighted by Crippen LogP contribution is 2.09. The average molecular weight is 244 g/mol. The largest absolute Gasteiger partial charge is 0.396 e. The zero-order valence-corrected chi connectivity index (χ0v) is 11.2. The van der Waals surface area contributed by atoms with Gasteiger partial charge in [-0.25, -0.2) is 0 Å². The summed E-state index contributed by atoms with van der Waals surface area (Å²) in [6.07, 6.45) is 4.31. The van der Waals surface area contributed by atoms with Gasteiger partial charge >= 0.3 is 0 Å². The lowest BCUT2D eigenvalue weighted by molar-refractivity contribution is -0.121. The lowest BCUT2D eigenvalue weighted by atomic mass is 10.00. The molecule has 4 heteroatoms. The molecule has 0 fully saturated rings. The predicted octanol–water partition coefficient (Wildman–Crippen LogP) is 1.28. The molecule has 102 valence electrons. The number of nitrogens with one attached hydrogen (secondary N) is 1. The molecule has 1 amide bonds. The molecular weight excluding hydrogens is 216 g/mol. The summed E-state index contributed by atoms with van der Waals surface area (Å²) in [5, 5.41) is 11.9. The minimum atomic E-state index is 0.101. The average Bonchev–Trinajstić information content (AvgIpc) is 2.33. The van der Waals surface area contributed by atoms with Crippen molar-refractivity contribution in [2.45, 2.75) is 46.0 Å². The molecule has 4 N–H and O–H groups in total. The first-order chi connectivity index (χ1) is 8.13. The van der Waals surface area contributed by atoms with E-state index in [1.54, 1.807) is 0 Å². The monoisotopic (exact) mass is 244 g/mol. The highest BCUT2D eigenvalue weighted by Gasteiger charge is 2.10. The Morgan fingerprint density at radius 3 is 2.59 bits per heavy atom. The van der Waals surface area contributed by atoms with Crippen LogP contribution in [0, 0.1) is 11.8 Å². The second-order valence-electron chi connectivity index (χ2n) is 4.85. The van der Waals surface area contributed by atoms with Gasteiger partial charge in [0.15, 0.2) is 0 Å². The van der Waals surface area contributed by atoms with E-state index in [0.29, 0.717) is 31.3 Å². The Morgan fingerprint density at radius 2 is 2.06 bits per heavy atom. The van der Waals surface area contributed by atoms with E-state index in [4.69, 9.17) is 10.8 Å². The molecule has 2 unspecified atom stereocenters. The van der Waals surface area contributed by atoms with Crippen molar-refractivity contribution in [1.82, 2.24) is 5.32 Å². The maximum Gasteiger partial charge on any atom is 0.220 e. The van der Waals surface area contributed by atoms with Gasteiger partial charge in [0.2, 0.25) is 5.91 Å². The molecular formula is C13H28N2O2. The van der Waals surface area contributed by atoms with Crippen molar-refractivity contribution in [1.29, 1.82) is 0 Å². The second-order valence-corrected chi connectivity index (χ2v) is 4.85. The molecule has 0 saturated heterocycles. The summed E-state index contributed by atoms with van der Waals surface area (Å²) >= 11 is 0. The van der Waals surface area contributed by atoms with Gasteiger partial charge in [-0.05, 0) is 37.6 Å². The van der Waals surface area contributed by atoms with Gasteiger partial charge in [0.1, 0.15) is 0 Å². The molecule has 0 aliphatic carbocycles. The Morgan fingerprint density at radius 1 is 1.35 bits per heavy atom. The van der Waals surface area contributed by atoms with Crippen LogP contribution in [0.25, 0.3) is 0 Å². The van der Waals surface area contributed by atoms with Crippen molar-refractivity contribution in [3.05, 3.63) is 0 Å². The maximum absolute atomic E-state index is 11.6. The van der Waals surface area contributed by atoms with Crippen LogP contribution in [0.15, 0.2) is 0 Å². The Hall–Kier alpha value is -0.610. The first kappa shape index (κ1) is 16.4. The summed E-state index contributed by atoms with van der Waals surface area (Å²) in [4.78, 5) is 11.6. The fraction of sp³-hybridized carbons (Fsp3) is 0.923. The third-order valence-electron chi connectivity index (χ3n) is 3.09. The molecule has 0 radical (unpaired) electrons. The van der Waals surface area contributed by atoms with Crippen LogP contribution in [0.5, 0.6) is 0 Å². The van der Waals surface area contributed by atoms with Gasteiger partial charge in [-0.3, -0.25) is 4.79 Å². The molecule has 0 bridgehead atoms. The summed E-state index contributed by atoms with van der Waals surface area (Å²) in [6, 6.07) is 0. The molecule has 0 aromatic heterocycles. The van der Waals surface area contributed by atoms with E-state index in [2.05, 4.69) is 19.2 Å². The van der Waals surface area contributed by atoms with Crippen LogP contribution < -0.4 is 11.1 Å². The first-order valence-electron chi connectivity index (χ1n) is 6.71. The molecule has 2 atom stereocenters. The minimum Gasteiger partial charge on any atom is -0.396 e. The van der Waals surface area contributed by atoms with Crippen molar-refractivity contribution < 1.29 is 9.90 Å². The number of hydrogen-bond acceptors (Lipinski definition) is 3. The van der Waals surface area contributed by atoms with E-state index in [-0.39, 0.29) is 12.5 Å². The molecule has 0 spiro atoms. The van der Waals surface area contributed by atoms with Crippen LogP contribution >= 0.6 is 0 Å². The predicted molar refractivity (Wildman–Crippen MR) is 70.6 cm³/mol. The lowest BCUT2D eigenvalue weighted by Crippen LogP contribution is -2.30. The molecule has 0 aromatic carbocycles. The molecule has 17 heavy (non-hydrogen) atoms. The number of aliphatic hydroxyl groups is 1. The van der Waals surface area contributed by atoms with Crippen LogP contribution in [0.1, 0.15) is 46.0 Å². The number of nitrogens with two attached hydrogens (primary N) is 1. The molecule has 0 aliphatic rings. The Balaban J connectivity index is 3.71. The molecule has 0 aliphatic heterocycles. The third kappa shape index (κ3) is 9.12. The summed E-state index contributed by atoms with van der Waals surface area (Å²) < 4.78 is 0. The summed E-state index contributed by atoms with van der Waals surface area (Å²) in [6.45, 7) is 5.69. The fourth-order valence-corrected chi connectivity index (χ4v) is 1.78.